The van der Waals surface area contributed by atoms with E-state index in [2.05, 4.69) is 4.90 Å². The van der Waals surface area contributed by atoms with Crippen molar-refractivity contribution < 1.29 is 9.21 Å². The minimum Gasteiger partial charge on any atom is -0.465 e. The predicted molar refractivity (Wildman–Crippen MR) is 68.7 cm³/mol. The zero-order valence-electron chi connectivity index (χ0n) is 10.8. The SMILES string of the molecule is Cc1ccc(C(N)CN2CCCC(C(N)=O)C2)o1. The molecule has 2 heterocycles. The normalized spacial score (nSPS) is 22.9. The zero-order valence-corrected chi connectivity index (χ0v) is 10.8. The number of hydrogen-bond acceptors (Lipinski definition) is 4. The fourth-order valence-corrected chi connectivity index (χ4v) is 2.47. The summed E-state index contributed by atoms with van der Waals surface area (Å²) >= 11 is 0. The fourth-order valence-electron chi connectivity index (χ4n) is 2.47. The predicted octanol–water partition coefficient (Wildman–Crippen LogP) is 0.785. The summed E-state index contributed by atoms with van der Waals surface area (Å²) in [7, 11) is 0. The van der Waals surface area contributed by atoms with Crippen molar-refractivity contribution in [1.29, 1.82) is 0 Å². The standard InChI is InChI=1S/C13H21N3O2/c1-9-4-5-12(18-9)11(14)8-16-6-2-3-10(7-16)13(15)17/h4-5,10-11H,2-3,6-8,14H2,1H3,(H2,15,17). The topological polar surface area (TPSA) is 85.5 Å². The quantitative estimate of drug-likeness (QED) is 0.828. The van der Waals surface area contributed by atoms with Crippen LogP contribution in [0.1, 0.15) is 30.4 Å². The maximum absolute atomic E-state index is 11.2. The van der Waals surface area contributed by atoms with Gasteiger partial charge in [0, 0.05) is 13.1 Å². The molecule has 1 saturated heterocycles. The molecule has 0 bridgehead atoms. The van der Waals surface area contributed by atoms with Crippen molar-refractivity contribution in [3.8, 4) is 0 Å². The van der Waals surface area contributed by atoms with Gasteiger partial charge in [0.15, 0.2) is 0 Å². The Morgan fingerprint density at radius 1 is 1.61 bits per heavy atom. The lowest BCUT2D eigenvalue weighted by atomic mass is 9.97. The Labute approximate surface area is 107 Å². The van der Waals surface area contributed by atoms with Crippen LogP contribution in [0.15, 0.2) is 16.5 Å². The fraction of sp³-hybridized carbons (Fsp3) is 0.615. The summed E-state index contributed by atoms with van der Waals surface area (Å²) in [6.45, 7) is 4.29. The number of rotatable bonds is 4. The first-order valence-electron chi connectivity index (χ1n) is 6.40. The summed E-state index contributed by atoms with van der Waals surface area (Å²) < 4.78 is 5.52. The van der Waals surface area contributed by atoms with Gasteiger partial charge in [0.2, 0.25) is 5.91 Å². The number of likely N-dealkylation sites (tertiary alicyclic amines) is 1. The molecule has 0 radical (unpaired) electrons. The van der Waals surface area contributed by atoms with E-state index in [0.29, 0.717) is 13.1 Å². The number of nitrogens with zero attached hydrogens (tertiary/aromatic N) is 1. The van der Waals surface area contributed by atoms with Crippen LogP contribution < -0.4 is 11.5 Å². The lowest BCUT2D eigenvalue weighted by Crippen LogP contribution is -2.43. The number of primary amides is 1. The highest BCUT2D eigenvalue weighted by molar-refractivity contribution is 5.76. The Morgan fingerprint density at radius 2 is 2.39 bits per heavy atom. The maximum atomic E-state index is 11.2. The highest BCUT2D eigenvalue weighted by Crippen LogP contribution is 2.20. The van der Waals surface area contributed by atoms with Crippen LogP contribution in [-0.4, -0.2) is 30.4 Å². The Hall–Kier alpha value is -1.33. The molecule has 1 aromatic rings. The Kier molecular flexibility index (Phi) is 4.04. The van der Waals surface area contributed by atoms with E-state index < -0.39 is 0 Å². The number of carbonyl (C=O) groups excluding carboxylic acids is 1. The molecule has 0 spiro atoms. The maximum Gasteiger partial charge on any atom is 0.221 e. The number of nitrogens with two attached hydrogens (primary N) is 2. The van der Waals surface area contributed by atoms with Crippen molar-refractivity contribution >= 4 is 5.91 Å². The van der Waals surface area contributed by atoms with Gasteiger partial charge in [-0.05, 0) is 38.4 Å². The van der Waals surface area contributed by atoms with Crippen molar-refractivity contribution in [3.05, 3.63) is 23.7 Å². The second kappa shape index (κ2) is 5.54. The first kappa shape index (κ1) is 13.1. The van der Waals surface area contributed by atoms with Gasteiger partial charge in [0.1, 0.15) is 11.5 Å². The summed E-state index contributed by atoms with van der Waals surface area (Å²) in [6.07, 6.45) is 1.89. The average Bonchev–Trinajstić information content (AvgIpc) is 2.76. The van der Waals surface area contributed by atoms with Crippen LogP contribution in [0.25, 0.3) is 0 Å². The molecule has 18 heavy (non-hydrogen) atoms. The van der Waals surface area contributed by atoms with E-state index in [1.807, 2.05) is 19.1 Å². The summed E-state index contributed by atoms with van der Waals surface area (Å²) in [5.74, 6) is 1.43. The Bertz CT molecular complexity index is 416. The van der Waals surface area contributed by atoms with Gasteiger partial charge in [-0.2, -0.15) is 0 Å². The number of hydrogen-bond donors (Lipinski definition) is 2. The van der Waals surface area contributed by atoms with E-state index >= 15 is 0 Å². The van der Waals surface area contributed by atoms with Gasteiger partial charge in [-0.15, -0.1) is 0 Å². The van der Waals surface area contributed by atoms with Crippen LogP contribution in [0.5, 0.6) is 0 Å². The molecular formula is C13H21N3O2. The highest BCUT2D eigenvalue weighted by atomic mass is 16.3. The van der Waals surface area contributed by atoms with E-state index in [-0.39, 0.29) is 17.9 Å². The monoisotopic (exact) mass is 251 g/mol. The number of carbonyl (C=O) groups is 1. The molecule has 5 nitrogen and oxygen atoms in total. The van der Waals surface area contributed by atoms with E-state index in [1.165, 1.54) is 0 Å². The minimum absolute atomic E-state index is 0.0377. The first-order chi connectivity index (χ1) is 8.56. The molecule has 2 atom stereocenters. The van der Waals surface area contributed by atoms with Crippen LogP contribution in [0, 0.1) is 12.8 Å². The molecule has 0 saturated carbocycles. The molecule has 1 aliphatic rings. The second-order valence-corrected chi connectivity index (χ2v) is 5.06. The average molecular weight is 251 g/mol. The van der Waals surface area contributed by atoms with Crippen LogP contribution in [0.3, 0.4) is 0 Å². The van der Waals surface area contributed by atoms with Gasteiger partial charge in [-0.25, -0.2) is 0 Å². The van der Waals surface area contributed by atoms with E-state index in [4.69, 9.17) is 15.9 Å². The molecule has 1 aromatic heterocycles. The largest absolute Gasteiger partial charge is 0.465 e. The minimum atomic E-state index is -0.206. The van der Waals surface area contributed by atoms with Crippen molar-refractivity contribution in [2.75, 3.05) is 19.6 Å². The number of aryl methyl sites for hydroxylation is 1. The van der Waals surface area contributed by atoms with Gasteiger partial charge < -0.3 is 20.8 Å². The van der Waals surface area contributed by atoms with Gasteiger partial charge in [0.05, 0.1) is 12.0 Å². The second-order valence-electron chi connectivity index (χ2n) is 5.06. The molecule has 2 unspecified atom stereocenters. The molecule has 1 fully saturated rings. The van der Waals surface area contributed by atoms with Gasteiger partial charge in [0.25, 0.3) is 0 Å². The van der Waals surface area contributed by atoms with E-state index in [9.17, 15) is 4.79 Å². The molecule has 0 aromatic carbocycles. The summed E-state index contributed by atoms with van der Waals surface area (Å²) in [5, 5.41) is 0. The van der Waals surface area contributed by atoms with Gasteiger partial charge >= 0.3 is 0 Å². The van der Waals surface area contributed by atoms with Gasteiger partial charge in [-0.3, -0.25) is 4.79 Å². The van der Waals surface area contributed by atoms with Crippen LogP contribution >= 0.6 is 0 Å². The summed E-state index contributed by atoms with van der Waals surface area (Å²) in [4.78, 5) is 13.4. The van der Waals surface area contributed by atoms with E-state index in [1.54, 1.807) is 0 Å². The van der Waals surface area contributed by atoms with Gasteiger partial charge in [-0.1, -0.05) is 0 Å². The van der Waals surface area contributed by atoms with E-state index in [0.717, 1.165) is 30.9 Å². The lowest BCUT2D eigenvalue weighted by molar-refractivity contribution is -0.123. The molecule has 1 aliphatic heterocycles. The lowest BCUT2D eigenvalue weighted by Gasteiger charge is -2.32. The first-order valence-corrected chi connectivity index (χ1v) is 6.40. The van der Waals surface area contributed by atoms with Crippen LogP contribution in [0.4, 0.5) is 0 Å². The Morgan fingerprint density at radius 3 is 3.00 bits per heavy atom. The van der Waals surface area contributed by atoms with Crippen molar-refractivity contribution in [2.24, 2.45) is 17.4 Å². The molecular weight excluding hydrogens is 230 g/mol. The van der Waals surface area contributed by atoms with Crippen molar-refractivity contribution in [1.82, 2.24) is 4.90 Å². The number of furan rings is 1. The van der Waals surface area contributed by atoms with Crippen LogP contribution in [-0.2, 0) is 4.79 Å². The van der Waals surface area contributed by atoms with Crippen LogP contribution in [0.2, 0.25) is 0 Å². The molecule has 5 heteroatoms. The summed E-state index contributed by atoms with van der Waals surface area (Å²) in [6, 6.07) is 3.68. The third-order valence-corrected chi connectivity index (χ3v) is 3.49. The molecule has 100 valence electrons. The number of piperidine rings is 1. The smallest absolute Gasteiger partial charge is 0.221 e. The third-order valence-electron chi connectivity index (χ3n) is 3.49. The highest BCUT2D eigenvalue weighted by Gasteiger charge is 2.25. The zero-order chi connectivity index (χ0) is 13.1. The third kappa shape index (κ3) is 3.11. The number of amides is 1. The molecule has 0 aliphatic carbocycles. The molecule has 1 amide bonds. The van der Waals surface area contributed by atoms with Crippen molar-refractivity contribution in [3.63, 3.8) is 0 Å². The molecule has 4 N–H and O–H groups in total. The molecule has 2 rings (SSSR count). The summed E-state index contributed by atoms with van der Waals surface area (Å²) in [5.41, 5.74) is 11.5. The Balaban J connectivity index is 1.91. The van der Waals surface area contributed by atoms with Crippen molar-refractivity contribution in [2.45, 2.75) is 25.8 Å².